The highest BCUT2D eigenvalue weighted by Gasteiger charge is 2.31. The van der Waals surface area contributed by atoms with Crippen molar-refractivity contribution in [2.24, 2.45) is 0 Å². The Labute approximate surface area is 435 Å². The summed E-state index contributed by atoms with van der Waals surface area (Å²) in [5, 5.41) is 0.354. The van der Waals surface area contributed by atoms with Crippen LogP contribution >= 0.6 is 0 Å². The van der Waals surface area contributed by atoms with Gasteiger partial charge in [0.25, 0.3) is 0 Å². The first-order valence-corrected chi connectivity index (χ1v) is 20.2. The minimum atomic E-state index is -0.261. The highest BCUT2D eigenvalue weighted by atomic mass is 16.3. The van der Waals surface area contributed by atoms with Crippen molar-refractivity contribution in [3.63, 3.8) is 0 Å². The molecule has 0 N–H and O–H groups in total. The van der Waals surface area contributed by atoms with Crippen LogP contribution in [-0.4, -0.2) is 204 Å². The van der Waals surface area contributed by atoms with Crippen LogP contribution in [0.3, 0.4) is 0 Å². The van der Waals surface area contributed by atoms with E-state index in [9.17, 15) is 0 Å². The molecule has 1 aromatic heterocycles. The molecule has 0 saturated heterocycles. The molecule has 52 radical (unpaired) electrons. The summed E-state index contributed by atoms with van der Waals surface area (Å²) in [6.07, 6.45) is 0. The molecular formula is C42B26O. The van der Waals surface area contributed by atoms with Crippen molar-refractivity contribution in [2.75, 3.05) is 0 Å². The standard InChI is InChI=1S/C42B26O/c43-15-5(8-12(26(54)29(15)57)27(55)35(63)34(62)20(8)48)1-3-6(18(46)32(60)30(58)16(3)44)2(7-4(1)17(45)31(59)33(61)19(7)47)11-22(50)24(52)13(25(53)23(11)51)9-10-14-28(56)36(64)38(66)40(68)42(14)69-41(10)39(67)37(65)21(9)49. The van der Waals surface area contributed by atoms with E-state index in [2.05, 4.69) is 0 Å². The number of furan rings is 1. The van der Waals surface area contributed by atoms with Gasteiger partial charge in [0, 0.05) is 10.8 Å². The maximum Gasteiger partial charge on any atom is 0.128 e. The van der Waals surface area contributed by atoms with E-state index in [0.717, 1.165) is 0 Å². The number of benzene rings is 8. The lowest BCUT2D eigenvalue weighted by atomic mass is 9.55. The maximum absolute atomic E-state index is 7.19. The molecule has 0 bridgehead atoms. The van der Waals surface area contributed by atoms with Crippen LogP contribution in [0.15, 0.2) is 4.42 Å². The molecule has 0 saturated carbocycles. The number of fused-ring (bicyclic) bond motifs is 6. The van der Waals surface area contributed by atoms with Crippen molar-refractivity contribution in [1.82, 2.24) is 0 Å². The average Bonchev–Trinajstić information content (AvgIpc) is 3.72. The maximum atomic E-state index is 7.19. The number of rotatable bonds is 3. The van der Waals surface area contributed by atoms with Crippen LogP contribution in [0.25, 0.3) is 87.6 Å². The Hall–Kier alpha value is -3.97. The molecule has 0 aliphatic rings. The molecule has 1 heterocycles. The summed E-state index contributed by atoms with van der Waals surface area (Å²) in [5.41, 5.74) is -4.15. The third kappa shape index (κ3) is 6.41. The Kier molecular flexibility index (Phi) is 12.2. The summed E-state index contributed by atoms with van der Waals surface area (Å²) in [5.74, 6) is 0. The van der Waals surface area contributed by atoms with Gasteiger partial charge < -0.3 is 4.42 Å². The minimum absolute atomic E-state index is 0.00149. The van der Waals surface area contributed by atoms with E-state index >= 15 is 0 Å². The summed E-state index contributed by atoms with van der Waals surface area (Å²) in [7, 11) is 175. The smallest absolute Gasteiger partial charge is 0.128 e. The molecule has 0 unspecified atom stereocenters. The first-order chi connectivity index (χ1) is 32.2. The van der Waals surface area contributed by atoms with Crippen molar-refractivity contribution >= 4 is 400 Å². The molecule has 0 atom stereocenters. The largest absolute Gasteiger partial charge is 0.457 e. The molecule has 0 spiro atoms. The van der Waals surface area contributed by atoms with Crippen LogP contribution in [0.2, 0.25) is 0 Å². The molecule has 0 fully saturated rings. The Balaban J connectivity index is 1.58. The lowest BCUT2D eigenvalue weighted by Gasteiger charge is -2.33. The molecular weight excluding hydrogens is 802 g/mol. The number of hydrogen-bond donors (Lipinski definition) is 0. The monoisotopic (exact) mass is 806 g/mol. The van der Waals surface area contributed by atoms with Gasteiger partial charge in [-0.1, -0.05) is 87.4 Å². The van der Waals surface area contributed by atoms with Crippen LogP contribution in [0.1, 0.15) is 0 Å². The summed E-state index contributed by atoms with van der Waals surface area (Å²) in [6.45, 7) is 0. The first-order valence-electron chi connectivity index (χ1n) is 20.2. The summed E-state index contributed by atoms with van der Waals surface area (Å²) < 4.78 is 6.18. The normalized spacial score (nSPS) is 11.8. The van der Waals surface area contributed by atoms with Crippen molar-refractivity contribution in [2.45, 2.75) is 0 Å². The van der Waals surface area contributed by atoms with E-state index in [1.54, 1.807) is 0 Å². The second-order valence-corrected chi connectivity index (χ2v) is 16.8. The second-order valence-electron chi connectivity index (χ2n) is 16.8. The van der Waals surface area contributed by atoms with Gasteiger partial charge in [-0.2, -0.15) is 0 Å². The fourth-order valence-electron chi connectivity index (χ4n) is 9.64. The topological polar surface area (TPSA) is 13.1 Å². The highest BCUT2D eigenvalue weighted by molar-refractivity contribution is 6.77. The third-order valence-electron chi connectivity index (χ3n) is 13.4. The Morgan fingerprint density at radius 1 is 0.130 bits per heavy atom. The predicted molar refractivity (Wildman–Crippen MR) is 323 cm³/mol. The van der Waals surface area contributed by atoms with Gasteiger partial charge in [0.1, 0.15) is 215 Å². The van der Waals surface area contributed by atoms with E-state index in [1.165, 1.54) is 0 Å². The Morgan fingerprint density at radius 3 is 0.667 bits per heavy atom. The lowest BCUT2D eigenvalue weighted by Crippen LogP contribution is -2.53. The van der Waals surface area contributed by atoms with Gasteiger partial charge in [-0.25, -0.2) is 0 Å². The Morgan fingerprint density at radius 2 is 0.319 bits per heavy atom. The van der Waals surface area contributed by atoms with E-state index in [1.807, 2.05) is 0 Å². The lowest BCUT2D eigenvalue weighted by molar-refractivity contribution is 0.675. The molecule has 27 heteroatoms. The van der Waals surface area contributed by atoms with E-state index in [0.29, 0.717) is 0 Å². The van der Waals surface area contributed by atoms with Crippen molar-refractivity contribution in [3.05, 3.63) is 0 Å². The average molecular weight is 802 g/mol. The van der Waals surface area contributed by atoms with Gasteiger partial charge in [0.15, 0.2) is 0 Å². The summed E-state index contributed by atoms with van der Waals surface area (Å²) in [4.78, 5) is 0. The van der Waals surface area contributed by atoms with Crippen molar-refractivity contribution < 1.29 is 4.42 Å². The molecule has 1 nitrogen and oxygen atoms in total. The molecule has 252 valence electrons. The molecule has 69 heavy (non-hydrogen) atoms. The zero-order valence-electron chi connectivity index (χ0n) is 36.4. The zero-order chi connectivity index (χ0) is 51.0. The third-order valence-corrected chi connectivity index (χ3v) is 13.4. The van der Waals surface area contributed by atoms with Crippen LogP contribution in [-0.2, 0) is 0 Å². The molecule has 9 rings (SSSR count). The van der Waals surface area contributed by atoms with Gasteiger partial charge in [-0.15, -0.1) is 54.6 Å². The fraction of sp³-hybridized carbons (Fsp3) is 0. The quantitative estimate of drug-likeness (QED) is 0.128. The van der Waals surface area contributed by atoms with Gasteiger partial charge in [0.05, 0.1) is 0 Å². The fourth-order valence-corrected chi connectivity index (χ4v) is 9.64. The SMILES string of the molecule is [B]c1c([B])c(-c2c([B])c([B])c([B])c3oc4c([B])c([B])c([B])c([B])c4c23)c([B])c([B])c1-c1c2c([B])c([B])c([B])c([B])c2c(-c2c([B])c([B])c([B])c3c([B])c([B])c([B])c([B])c23)c2c([B])c([B])c([B])c([B])c12. The molecule has 9 aromatic rings. The minimum Gasteiger partial charge on any atom is -0.457 e. The van der Waals surface area contributed by atoms with Crippen molar-refractivity contribution in [3.8, 4) is 33.4 Å². The summed E-state index contributed by atoms with van der Waals surface area (Å²) >= 11 is 0. The van der Waals surface area contributed by atoms with E-state index < -0.39 is 0 Å². The van der Waals surface area contributed by atoms with Crippen LogP contribution in [0, 0.1) is 0 Å². The van der Waals surface area contributed by atoms with Gasteiger partial charge in [-0.05, 0) is 65.7 Å². The van der Waals surface area contributed by atoms with Crippen LogP contribution in [0.4, 0.5) is 0 Å². The summed E-state index contributed by atoms with van der Waals surface area (Å²) in [6, 6.07) is 0. The second kappa shape index (κ2) is 16.8. The molecule has 0 aliphatic carbocycles. The first kappa shape index (κ1) is 50.0. The van der Waals surface area contributed by atoms with E-state index in [-0.39, 0.29) is 230 Å². The highest BCUT2D eigenvalue weighted by Crippen LogP contribution is 2.41. The molecule has 0 amide bonds. The predicted octanol–water partition coefficient (Wildman–Crippen LogP) is -19.3. The van der Waals surface area contributed by atoms with Crippen LogP contribution < -0.4 is 142 Å². The molecule has 0 aliphatic heterocycles. The van der Waals surface area contributed by atoms with E-state index in [4.69, 9.17) is 208 Å². The number of hydrogen-bond acceptors (Lipinski definition) is 1. The van der Waals surface area contributed by atoms with Gasteiger partial charge in [-0.3, -0.25) is 0 Å². The Bertz CT molecular complexity index is 3850. The van der Waals surface area contributed by atoms with Crippen LogP contribution in [0.5, 0.6) is 0 Å². The molecule has 8 aromatic carbocycles. The van der Waals surface area contributed by atoms with Gasteiger partial charge in [0.2, 0.25) is 0 Å². The van der Waals surface area contributed by atoms with Gasteiger partial charge >= 0.3 is 0 Å². The zero-order valence-corrected chi connectivity index (χ0v) is 36.4. The van der Waals surface area contributed by atoms with Crippen molar-refractivity contribution in [1.29, 1.82) is 0 Å².